The van der Waals surface area contributed by atoms with Crippen LogP contribution in [0.3, 0.4) is 0 Å². The molecule has 3 aromatic rings. The monoisotopic (exact) mass is 408 g/mol. The summed E-state index contributed by atoms with van der Waals surface area (Å²) < 4.78 is 5.19. The van der Waals surface area contributed by atoms with Crippen molar-refractivity contribution in [1.82, 2.24) is 4.98 Å². The van der Waals surface area contributed by atoms with Gasteiger partial charge in [-0.25, -0.2) is 9.78 Å². The molecule has 0 saturated carbocycles. The van der Waals surface area contributed by atoms with Crippen molar-refractivity contribution >= 4 is 28.9 Å². The second-order valence-electron chi connectivity index (χ2n) is 7.75. The van der Waals surface area contributed by atoms with Crippen molar-refractivity contribution in [2.45, 2.75) is 33.1 Å². The van der Waals surface area contributed by atoms with Crippen LogP contribution < -0.4 is 5.32 Å². The molecule has 0 aliphatic rings. The van der Waals surface area contributed by atoms with E-state index in [1.165, 1.54) is 16.9 Å². The van der Waals surface area contributed by atoms with Gasteiger partial charge in [0.1, 0.15) is 9.88 Å². The van der Waals surface area contributed by atoms with Gasteiger partial charge >= 0.3 is 5.97 Å². The summed E-state index contributed by atoms with van der Waals surface area (Å²) >= 11 is 1.26. The maximum absolute atomic E-state index is 12.4. The van der Waals surface area contributed by atoms with Crippen molar-refractivity contribution in [3.63, 3.8) is 0 Å². The predicted molar refractivity (Wildman–Crippen MR) is 116 cm³/mol. The van der Waals surface area contributed by atoms with Crippen LogP contribution in [0.5, 0.6) is 0 Å². The highest BCUT2D eigenvalue weighted by atomic mass is 32.1. The highest BCUT2D eigenvalue weighted by Gasteiger charge is 2.19. The van der Waals surface area contributed by atoms with Crippen LogP contribution in [-0.2, 0) is 14.9 Å². The maximum Gasteiger partial charge on any atom is 0.350 e. The molecule has 0 fully saturated rings. The van der Waals surface area contributed by atoms with E-state index in [9.17, 15) is 9.59 Å². The van der Waals surface area contributed by atoms with Crippen LogP contribution >= 0.6 is 11.3 Å². The third-order valence-electron chi connectivity index (χ3n) is 4.37. The number of nitrogens with zero attached hydrogens (tertiary/aromatic N) is 1. The zero-order valence-electron chi connectivity index (χ0n) is 17.0. The molecule has 1 N–H and O–H groups in total. The number of benzene rings is 2. The summed E-state index contributed by atoms with van der Waals surface area (Å²) in [7, 11) is 0. The molecule has 150 valence electrons. The van der Waals surface area contributed by atoms with Crippen molar-refractivity contribution < 1.29 is 14.3 Å². The molecule has 2 aromatic carbocycles. The lowest BCUT2D eigenvalue weighted by Gasteiger charge is -2.19. The van der Waals surface area contributed by atoms with Gasteiger partial charge in [0, 0.05) is 11.3 Å². The fourth-order valence-corrected chi connectivity index (χ4v) is 3.70. The number of anilines is 1. The van der Waals surface area contributed by atoms with E-state index in [4.69, 9.17) is 4.74 Å². The minimum Gasteiger partial charge on any atom is -0.451 e. The number of aromatic nitrogens is 1. The number of thiazole rings is 1. The van der Waals surface area contributed by atoms with Gasteiger partial charge in [-0.1, -0.05) is 63.2 Å². The van der Waals surface area contributed by atoms with Gasteiger partial charge in [-0.3, -0.25) is 4.79 Å². The first-order chi connectivity index (χ1) is 13.7. The van der Waals surface area contributed by atoms with Crippen molar-refractivity contribution in [2.75, 3.05) is 11.9 Å². The minimum atomic E-state index is -0.541. The summed E-state index contributed by atoms with van der Waals surface area (Å²) in [6, 6.07) is 17.3. The lowest BCUT2D eigenvalue weighted by Crippen LogP contribution is -2.21. The molecule has 1 amide bonds. The van der Waals surface area contributed by atoms with Crippen molar-refractivity contribution in [3.05, 3.63) is 70.7 Å². The number of aryl methyl sites for hydroxylation is 1. The average Bonchev–Trinajstić information content (AvgIpc) is 3.08. The van der Waals surface area contributed by atoms with Crippen LogP contribution in [-0.4, -0.2) is 23.5 Å². The van der Waals surface area contributed by atoms with Crippen molar-refractivity contribution in [1.29, 1.82) is 0 Å². The molecule has 0 aliphatic carbocycles. The Morgan fingerprint density at radius 2 is 1.69 bits per heavy atom. The highest BCUT2D eigenvalue weighted by Crippen LogP contribution is 2.28. The van der Waals surface area contributed by atoms with Crippen molar-refractivity contribution in [2.24, 2.45) is 0 Å². The van der Waals surface area contributed by atoms with Crippen LogP contribution in [0.25, 0.3) is 10.6 Å². The Morgan fingerprint density at radius 3 is 2.31 bits per heavy atom. The van der Waals surface area contributed by atoms with E-state index < -0.39 is 5.97 Å². The quantitative estimate of drug-likeness (QED) is 0.588. The Kier molecular flexibility index (Phi) is 6.13. The first-order valence-electron chi connectivity index (χ1n) is 9.34. The number of ether oxygens (including phenoxy) is 1. The van der Waals surface area contributed by atoms with E-state index in [0.29, 0.717) is 16.3 Å². The molecule has 29 heavy (non-hydrogen) atoms. The zero-order valence-corrected chi connectivity index (χ0v) is 17.8. The van der Waals surface area contributed by atoms with E-state index in [1.54, 1.807) is 6.92 Å². The van der Waals surface area contributed by atoms with Gasteiger partial charge in [-0.05, 0) is 30.0 Å². The number of esters is 1. The Bertz CT molecular complexity index is 1000. The Morgan fingerprint density at radius 1 is 1.03 bits per heavy atom. The topological polar surface area (TPSA) is 68.3 Å². The summed E-state index contributed by atoms with van der Waals surface area (Å²) in [6.45, 7) is 7.80. The van der Waals surface area contributed by atoms with Crippen LogP contribution in [0, 0.1) is 6.92 Å². The van der Waals surface area contributed by atoms with Gasteiger partial charge in [0.2, 0.25) is 0 Å². The van der Waals surface area contributed by atoms with Crippen LogP contribution in [0.4, 0.5) is 5.69 Å². The zero-order chi connectivity index (χ0) is 21.0. The smallest absolute Gasteiger partial charge is 0.350 e. The lowest BCUT2D eigenvalue weighted by atomic mass is 9.87. The van der Waals surface area contributed by atoms with E-state index in [2.05, 4.69) is 31.1 Å². The molecule has 0 spiro atoms. The molecule has 3 rings (SSSR count). The summed E-state index contributed by atoms with van der Waals surface area (Å²) in [6.07, 6.45) is 0. The Labute approximate surface area is 174 Å². The Hall–Kier alpha value is -2.99. The average molecular weight is 409 g/mol. The normalized spacial score (nSPS) is 11.2. The molecule has 6 heteroatoms. The molecule has 0 bridgehead atoms. The predicted octanol–water partition coefficient (Wildman–Crippen LogP) is 5.21. The van der Waals surface area contributed by atoms with Gasteiger partial charge in [-0.2, -0.15) is 0 Å². The molecule has 1 heterocycles. The largest absolute Gasteiger partial charge is 0.451 e. The first kappa shape index (κ1) is 20.7. The SMILES string of the molecule is Cc1nc(-c2ccccc2)sc1C(=O)OCC(=O)Nc1ccc(C(C)(C)C)cc1. The second-order valence-corrected chi connectivity index (χ2v) is 8.75. The second kappa shape index (κ2) is 8.57. The van der Waals surface area contributed by atoms with E-state index in [-0.39, 0.29) is 17.9 Å². The van der Waals surface area contributed by atoms with Crippen molar-refractivity contribution in [3.8, 4) is 10.6 Å². The molecular weight excluding hydrogens is 384 g/mol. The summed E-state index contributed by atoms with van der Waals surface area (Å²) in [5.41, 5.74) is 3.42. The van der Waals surface area contributed by atoms with Crippen LogP contribution in [0.15, 0.2) is 54.6 Å². The molecular formula is C23H24N2O3S. The van der Waals surface area contributed by atoms with Gasteiger partial charge in [0.25, 0.3) is 5.91 Å². The van der Waals surface area contributed by atoms with Gasteiger partial charge < -0.3 is 10.1 Å². The molecule has 0 radical (unpaired) electrons. The molecule has 0 atom stereocenters. The third-order valence-corrected chi connectivity index (χ3v) is 5.56. The molecule has 0 unspecified atom stereocenters. The van der Waals surface area contributed by atoms with E-state index in [1.807, 2.05) is 54.6 Å². The number of nitrogens with one attached hydrogen (secondary N) is 1. The number of amides is 1. The summed E-state index contributed by atoms with van der Waals surface area (Å²) in [5, 5.41) is 3.49. The van der Waals surface area contributed by atoms with Crippen LogP contribution in [0.2, 0.25) is 0 Å². The highest BCUT2D eigenvalue weighted by molar-refractivity contribution is 7.17. The van der Waals surface area contributed by atoms with E-state index in [0.717, 1.165) is 10.6 Å². The van der Waals surface area contributed by atoms with Gasteiger partial charge in [0.05, 0.1) is 5.69 Å². The van der Waals surface area contributed by atoms with Gasteiger partial charge in [-0.15, -0.1) is 11.3 Å². The van der Waals surface area contributed by atoms with Gasteiger partial charge in [0.15, 0.2) is 6.61 Å². The number of hydrogen-bond acceptors (Lipinski definition) is 5. The number of carbonyl (C=O) groups is 2. The maximum atomic E-state index is 12.4. The molecule has 1 aromatic heterocycles. The summed E-state index contributed by atoms with van der Waals surface area (Å²) in [4.78, 5) is 29.4. The first-order valence-corrected chi connectivity index (χ1v) is 10.2. The minimum absolute atomic E-state index is 0.0449. The molecule has 0 aliphatic heterocycles. The standard InChI is InChI=1S/C23H24N2O3S/c1-15-20(29-21(24-15)16-8-6-5-7-9-16)22(27)28-14-19(26)25-18-12-10-17(11-13-18)23(2,3)4/h5-13H,14H2,1-4H3,(H,25,26). The number of rotatable bonds is 5. The fourth-order valence-electron chi connectivity index (χ4n) is 2.74. The lowest BCUT2D eigenvalue weighted by molar-refractivity contribution is -0.119. The fraction of sp³-hybridized carbons (Fsp3) is 0.261. The molecule has 5 nitrogen and oxygen atoms in total. The Balaban J connectivity index is 1.58. The van der Waals surface area contributed by atoms with Crippen LogP contribution in [0.1, 0.15) is 41.7 Å². The number of hydrogen-bond donors (Lipinski definition) is 1. The number of carbonyl (C=O) groups excluding carboxylic acids is 2. The molecule has 0 saturated heterocycles. The van der Waals surface area contributed by atoms with E-state index >= 15 is 0 Å². The third kappa shape index (κ3) is 5.29. The summed E-state index contributed by atoms with van der Waals surface area (Å²) in [5.74, 6) is -0.923.